The molecule has 126 valence electrons. The lowest BCUT2D eigenvalue weighted by molar-refractivity contribution is -0.384. The fourth-order valence-electron chi connectivity index (χ4n) is 2.90. The fraction of sp³-hybridized carbons (Fsp3) is 0. The minimum Gasteiger partial charge on any atom is -0.293 e. The highest BCUT2D eigenvalue weighted by Crippen LogP contribution is 2.26. The maximum atomic E-state index is 11.1. The van der Waals surface area contributed by atoms with Gasteiger partial charge in [0, 0.05) is 17.8 Å². The van der Waals surface area contributed by atoms with E-state index in [-0.39, 0.29) is 5.69 Å². The van der Waals surface area contributed by atoms with Crippen LogP contribution in [0.5, 0.6) is 0 Å². The molecule has 0 aliphatic heterocycles. The van der Waals surface area contributed by atoms with Crippen LogP contribution in [-0.2, 0) is 0 Å². The van der Waals surface area contributed by atoms with Gasteiger partial charge in [-0.2, -0.15) is 0 Å². The summed E-state index contributed by atoms with van der Waals surface area (Å²) < 4.78 is 2.00. The topological polar surface area (TPSA) is 61.0 Å². The summed E-state index contributed by atoms with van der Waals surface area (Å²) in [7, 11) is 0. The van der Waals surface area contributed by atoms with Crippen molar-refractivity contribution in [3.63, 3.8) is 0 Å². The Bertz CT molecular complexity index is 1100. The van der Waals surface area contributed by atoms with Gasteiger partial charge in [0.05, 0.1) is 16.0 Å². The fourth-order valence-corrected chi connectivity index (χ4v) is 2.90. The van der Waals surface area contributed by atoms with E-state index < -0.39 is 4.92 Å². The number of nitrogens with zero attached hydrogens (tertiary/aromatic N) is 3. The third-order valence-electron chi connectivity index (χ3n) is 4.11. The second kappa shape index (κ2) is 6.64. The van der Waals surface area contributed by atoms with Gasteiger partial charge in [0.1, 0.15) is 5.82 Å². The number of hydrogen-bond donors (Lipinski definition) is 0. The van der Waals surface area contributed by atoms with Crippen LogP contribution in [0.2, 0.25) is 0 Å². The van der Waals surface area contributed by atoms with E-state index in [0.717, 1.165) is 22.6 Å². The molecule has 4 rings (SSSR count). The monoisotopic (exact) mass is 341 g/mol. The normalized spacial score (nSPS) is 11.2. The van der Waals surface area contributed by atoms with Crippen LogP contribution in [0.1, 0.15) is 11.4 Å². The lowest BCUT2D eigenvalue weighted by atomic mass is 10.2. The van der Waals surface area contributed by atoms with E-state index in [2.05, 4.69) is 4.98 Å². The van der Waals surface area contributed by atoms with Crippen molar-refractivity contribution in [1.82, 2.24) is 9.55 Å². The van der Waals surface area contributed by atoms with Gasteiger partial charge in [0.15, 0.2) is 0 Å². The average Bonchev–Trinajstić information content (AvgIpc) is 3.05. The summed E-state index contributed by atoms with van der Waals surface area (Å²) in [6.45, 7) is 0. The Hall–Kier alpha value is -3.73. The van der Waals surface area contributed by atoms with E-state index in [0.29, 0.717) is 5.52 Å². The molecule has 5 heteroatoms. The van der Waals surface area contributed by atoms with Crippen molar-refractivity contribution >= 4 is 28.9 Å². The molecule has 0 N–H and O–H groups in total. The molecule has 0 radical (unpaired) electrons. The molecule has 1 aromatic heterocycles. The molecular weight excluding hydrogens is 326 g/mol. The van der Waals surface area contributed by atoms with Gasteiger partial charge in [0.2, 0.25) is 0 Å². The highest BCUT2D eigenvalue weighted by atomic mass is 16.6. The molecule has 0 aliphatic rings. The summed E-state index contributed by atoms with van der Waals surface area (Å²) in [6.07, 6.45) is 3.91. The van der Waals surface area contributed by atoms with Crippen LogP contribution in [-0.4, -0.2) is 14.5 Å². The van der Waals surface area contributed by atoms with Gasteiger partial charge in [-0.1, -0.05) is 54.6 Å². The summed E-state index contributed by atoms with van der Waals surface area (Å²) in [5.74, 6) is 0.718. The molecule has 4 aromatic rings. The van der Waals surface area contributed by atoms with Crippen LogP contribution in [0, 0.1) is 10.1 Å². The molecular formula is C21H15N3O2. The molecule has 0 amide bonds. The molecule has 0 fully saturated rings. The van der Waals surface area contributed by atoms with Gasteiger partial charge in [0.25, 0.3) is 5.69 Å². The van der Waals surface area contributed by atoms with Gasteiger partial charge in [-0.15, -0.1) is 0 Å². The van der Waals surface area contributed by atoms with Crippen molar-refractivity contribution in [3.8, 4) is 5.69 Å². The first-order chi connectivity index (χ1) is 12.7. The first-order valence-electron chi connectivity index (χ1n) is 8.18. The average molecular weight is 341 g/mol. The number of non-ortho nitro benzene ring substituents is 1. The number of nitro groups is 1. The molecule has 1 heterocycles. The number of aromatic nitrogens is 2. The number of fused-ring (bicyclic) bond motifs is 1. The van der Waals surface area contributed by atoms with Crippen molar-refractivity contribution in [2.75, 3.05) is 0 Å². The molecule has 0 saturated carbocycles. The Balaban J connectivity index is 1.90. The summed E-state index contributed by atoms with van der Waals surface area (Å²) >= 11 is 0. The van der Waals surface area contributed by atoms with E-state index in [9.17, 15) is 10.1 Å². The number of hydrogen-bond acceptors (Lipinski definition) is 3. The van der Waals surface area contributed by atoms with Gasteiger partial charge in [-0.3, -0.25) is 14.7 Å². The van der Waals surface area contributed by atoms with E-state index >= 15 is 0 Å². The molecule has 0 saturated heterocycles. The Morgan fingerprint density at radius 1 is 0.885 bits per heavy atom. The first-order valence-corrected chi connectivity index (χ1v) is 8.18. The smallest absolute Gasteiger partial charge is 0.271 e. The van der Waals surface area contributed by atoms with Crippen LogP contribution in [0.4, 0.5) is 5.69 Å². The van der Waals surface area contributed by atoms with E-state index in [4.69, 9.17) is 0 Å². The van der Waals surface area contributed by atoms with Crippen molar-refractivity contribution in [2.24, 2.45) is 0 Å². The SMILES string of the molecule is O=[N+]([O-])c1ccc2c(c1)nc(C=Cc1ccccc1)n2-c1ccccc1. The number of para-hydroxylation sites is 1. The zero-order valence-electron chi connectivity index (χ0n) is 13.8. The quantitative estimate of drug-likeness (QED) is 0.383. The zero-order chi connectivity index (χ0) is 17.9. The molecule has 5 nitrogen and oxygen atoms in total. The molecule has 0 aliphatic carbocycles. The van der Waals surface area contributed by atoms with Crippen molar-refractivity contribution in [1.29, 1.82) is 0 Å². The predicted molar refractivity (Wildman–Crippen MR) is 103 cm³/mol. The summed E-state index contributed by atoms with van der Waals surface area (Å²) in [6, 6.07) is 24.5. The first kappa shape index (κ1) is 15.8. The van der Waals surface area contributed by atoms with Gasteiger partial charge < -0.3 is 0 Å². The van der Waals surface area contributed by atoms with Crippen LogP contribution in [0.25, 0.3) is 28.9 Å². The zero-order valence-corrected chi connectivity index (χ0v) is 13.8. The van der Waals surface area contributed by atoms with Crippen LogP contribution in [0.15, 0.2) is 78.9 Å². The minimum absolute atomic E-state index is 0.0359. The highest BCUT2D eigenvalue weighted by molar-refractivity contribution is 5.84. The third kappa shape index (κ3) is 2.98. The van der Waals surface area contributed by atoms with Crippen molar-refractivity contribution < 1.29 is 4.92 Å². The maximum absolute atomic E-state index is 11.1. The minimum atomic E-state index is -0.402. The second-order valence-electron chi connectivity index (χ2n) is 5.82. The Kier molecular flexibility index (Phi) is 4.03. The number of imidazole rings is 1. The molecule has 0 spiro atoms. The van der Waals surface area contributed by atoms with Crippen molar-refractivity contribution in [3.05, 3.63) is 100 Å². The molecule has 0 unspecified atom stereocenters. The van der Waals surface area contributed by atoms with Crippen LogP contribution < -0.4 is 0 Å². The van der Waals surface area contributed by atoms with Crippen LogP contribution in [0.3, 0.4) is 0 Å². The number of benzene rings is 3. The Morgan fingerprint density at radius 3 is 2.27 bits per heavy atom. The highest BCUT2D eigenvalue weighted by Gasteiger charge is 2.14. The Morgan fingerprint density at radius 2 is 1.58 bits per heavy atom. The molecule has 3 aromatic carbocycles. The predicted octanol–water partition coefficient (Wildman–Crippen LogP) is 5.10. The third-order valence-corrected chi connectivity index (χ3v) is 4.11. The van der Waals surface area contributed by atoms with Crippen LogP contribution >= 0.6 is 0 Å². The maximum Gasteiger partial charge on any atom is 0.271 e. The van der Waals surface area contributed by atoms with Gasteiger partial charge in [-0.25, -0.2) is 4.98 Å². The van der Waals surface area contributed by atoms with Gasteiger partial charge >= 0.3 is 0 Å². The second-order valence-corrected chi connectivity index (χ2v) is 5.82. The summed E-state index contributed by atoms with van der Waals surface area (Å²) in [4.78, 5) is 15.3. The lowest BCUT2D eigenvalue weighted by Gasteiger charge is -2.06. The van der Waals surface area contributed by atoms with E-state index in [1.54, 1.807) is 6.07 Å². The number of rotatable bonds is 4. The molecule has 0 atom stereocenters. The summed E-state index contributed by atoms with van der Waals surface area (Å²) in [5.41, 5.74) is 3.47. The van der Waals surface area contributed by atoms with E-state index in [1.807, 2.05) is 77.4 Å². The lowest BCUT2D eigenvalue weighted by Crippen LogP contribution is -1.96. The number of nitro benzene ring substituents is 1. The summed E-state index contributed by atoms with van der Waals surface area (Å²) in [5, 5.41) is 11.1. The molecule has 0 bridgehead atoms. The molecule has 26 heavy (non-hydrogen) atoms. The Labute approximate surface area is 150 Å². The van der Waals surface area contributed by atoms with E-state index in [1.165, 1.54) is 12.1 Å². The van der Waals surface area contributed by atoms with Crippen molar-refractivity contribution in [2.45, 2.75) is 0 Å². The van der Waals surface area contributed by atoms with Gasteiger partial charge in [-0.05, 0) is 29.8 Å². The largest absolute Gasteiger partial charge is 0.293 e. The standard InChI is InChI=1S/C21H15N3O2/c25-24(26)18-12-13-20-19(15-18)22-21(14-11-16-7-3-1-4-8-16)23(20)17-9-5-2-6-10-17/h1-15H.